The average Bonchev–Trinajstić information content (AvgIpc) is 3.38. The fraction of sp³-hybridized carbons (Fsp3) is 0.455. The standard InChI is InChI=1S/C22H28N4O2S2/c1-3-4-18-5-7-21(8-6-18)30(27,28)26-12-9-19(10-13-26)22-23-11-14-25(22)15-20-16-29-17(2)24-20/h5-8,11,14,16,19H,3-4,9-10,12-13,15H2,1-2H3. The Bertz CT molecular complexity index is 1080. The second-order valence-electron chi connectivity index (χ2n) is 7.84. The van der Waals surface area contributed by atoms with Crippen LogP contribution < -0.4 is 0 Å². The maximum atomic E-state index is 13.1. The van der Waals surface area contributed by atoms with Gasteiger partial charge in [-0.25, -0.2) is 18.4 Å². The Morgan fingerprint density at radius 3 is 2.53 bits per heavy atom. The Hall–Kier alpha value is -2.03. The molecule has 1 aromatic carbocycles. The van der Waals surface area contributed by atoms with E-state index in [1.165, 1.54) is 5.56 Å². The van der Waals surface area contributed by atoms with Gasteiger partial charge in [-0.1, -0.05) is 25.5 Å². The maximum absolute atomic E-state index is 13.1. The molecule has 0 bridgehead atoms. The van der Waals surface area contributed by atoms with Crippen LogP contribution in [0.2, 0.25) is 0 Å². The van der Waals surface area contributed by atoms with Gasteiger partial charge in [0.05, 0.1) is 22.1 Å². The predicted molar refractivity (Wildman–Crippen MR) is 119 cm³/mol. The highest BCUT2D eigenvalue weighted by Crippen LogP contribution is 2.30. The molecular formula is C22H28N4O2S2. The van der Waals surface area contributed by atoms with Crippen molar-refractivity contribution in [1.82, 2.24) is 18.8 Å². The number of piperidine rings is 1. The summed E-state index contributed by atoms with van der Waals surface area (Å²) in [7, 11) is -3.44. The second-order valence-corrected chi connectivity index (χ2v) is 10.8. The highest BCUT2D eigenvalue weighted by Gasteiger charge is 2.31. The molecule has 0 amide bonds. The smallest absolute Gasteiger partial charge is 0.243 e. The first-order valence-corrected chi connectivity index (χ1v) is 12.8. The molecule has 0 atom stereocenters. The van der Waals surface area contributed by atoms with Gasteiger partial charge in [-0.05, 0) is 43.9 Å². The van der Waals surface area contributed by atoms with Crippen LogP contribution in [0.4, 0.5) is 0 Å². The van der Waals surface area contributed by atoms with Crippen LogP contribution in [0.15, 0.2) is 46.9 Å². The van der Waals surface area contributed by atoms with Crippen molar-refractivity contribution in [2.45, 2.75) is 56.9 Å². The van der Waals surface area contributed by atoms with Crippen LogP contribution in [0.25, 0.3) is 0 Å². The molecule has 3 heterocycles. The topological polar surface area (TPSA) is 68.1 Å². The number of nitrogens with zero attached hydrogens (tertiary/aromatic N) is 4. The molecule has 4 rings (SSSR count). The van der Waals surface area contributed by atoms with Crippen LogP contribution in [0.5, 0.6) is 0 Å². The van der Waals surface area contributed by atoms with Gasteiger partial charge in [-0.2, -0.15) is 4.31 Å². The van der Waals surface area contributed by atoms with Crippen molar-refractivity contribution in [3.63, 3.8) is 0 Å². The van der Waals surface area contributed by atoms with E-state index in [9.17, 15) is 8.42 Å². The molecule has 0 saturated carbocycles. The summed E-state index contributed by atoms with van der Waals surface area (Å²) in [5.74, 6) is 1.29. The third-order valence-electron chi connectivity index (χ3n) is 5.67. The van der Waals surface area contributed by atoms with Crippen molar-refractivity contribution in [3.8, 4) is 0 Å². The van der Waals surface area contributed by atoms with E-state index >= 15 is 0 Å². The van der Waals surface area contributed by atoms with Crippen LogP contribution in [0.1, 0.15) is 54.2 Å². The minimum Gasteiger partial charge on any atom is -0.329 e. The van der Waals surface area contributed by atoms with E-state index in [0.29, 0.717) is 24.5 Å². The number of sulfonamides is 1. The van der Waals surface area contributed by atoms with Crippen LogP contribution >= 0.6 is 11.3 Å². The number of aryl methyl sites for hydroxylation is 2. The SMILES string of the molecule is CCCc1ccc(S(=O)(=O)N2CCC(c3nccn3Cc3csc(C)n3)CC2)cc1. The van der Waals surface area contributed by atoms with Gasteiger partial charge in [-0.15, -0.1) is 11.3 Å². The summed E-state index contributed by atoms with van der Waals surface area (Å²) in [5.41, 5.74) is 2.22. The fourth-order valence-electron chi connectivity index (χ4n) is 4.09. The lowest BCUT2D eigenvalue weighted by Crippen LogP contribution is -2.38. The summed E-state index contributed by atoms with van der Waals surface area (Å²) in [5, 5.41) is 3.15. The molecule has 1 fully saturated rings. The van der Waals surface area contributed by atoms with Crippen molar-refractivity contribution >= 4 is 21.4 Å². The molecule has 2 aromatic heterocycles. The lowest BCUT2D eigenvalue weighted by molar-refractivity contribution is 0.310. The average molecular weight is 445 g/mol. The molecule has 160 valence electrons. The first-order valence-electron chi connectivity index (χ1n) is 10.5. The summed E-state index contributed by atoms with van der Waals surface area (Å²) in [6.45, 7) is 5.88. The Morgan fingerprint density at radius 2 is 1.90 bits per heavy atom. The van der Waals surface area contributed by atoms with E-state index in [1.54, 1.807) is 27.8 Å². The van der Waals surface area contributed by atoms with Crippen LogP contribution in [-0.2, 0) is 23.0 Å². The lowest BCUT2D eigenvalue weighted by atomic mass is 9.97. The molecule has 0 spiro atoms. The lowest BCUT2D eigenvalue weighted by Gasteiger charge is -2.31. The summed E-state index contributed by atoms with van der Waals surface area (Å²) in [6.07, 6.45) is 7.40. The van der Waals surface area contributed by atoms with E-state index in [1.807, 2.05) is 31.5 Å². The maximum Gasteiger partial charge on any atom is 0.243 e. The Kier molecular flexibility index (Phi) is 6.36. The van der Waals surface area contributed by atoms with Crippen molar-refractivity contribution in [2.75, 3.05) is 13.1 Å². The number of thiazole rings is 1. The molecule has 1 aliphatic heterocycles. The molecule has 6 nitrogen and oxygen atoms in total. The minimum atomic E-state index is -3.44. The number of benzene rings is 1. The van der Waals surface area contributed by atoms with E-state index in [0.717, 1.165) is 42.2 Å². The Balaban J connectivity index is 1.42. The number of aromatic nitrogens is 3. The zero-order valence-electron chi connectivity index (χ0n) is 17.5. The zero-order valence-corrected chi connectivity index (χ0v) is 19.1. The first kappa shape index (κ1) is 21.2. The van der Waals surface area contributed by atoms with Gasteiger partial charge in [0.15, 0.2) is 0 Å². The molecule has 30 heavy (non-hydrogen) atoms. The molecule has 3 aromatic rings. The van der Waals surface area contributed by atoms with Crippen LogP contribution in [-0.4, -0.2) is 40.3 Å². The first-order chi connectivity index (χ1) is 14.5. The second kappa shape index (κ2) is 8.99. The Labute approximate surface area is 182 Å². The van der Waals surface area contributed by atoms with E-state index in [4.69, 9.17) is 0 Å². The summed E-state index contributed by atoms with van der Waals surface area (Å²) < 4.78 is 29.9. The highest BCUT2D eigenvalue weighted by molar-refractivity contribution is 7.89. The molecule has 0 aliphatic carbocycles. The van der Waals surface area contributed by atoms with Gasteiger partial charge in [-0.3, -0.25) is 0 Å². The number of rotatable bonds is 7. The van der Waals surface area contributed by atoms with Crippen molar-refractivity contribution in [1.29, 1.82) is 0 Å². The minimum absolute atomic E-state index is 0.262. The van der Waals surface area contributed by atoms with Crippen molar-refractivity contribution in [3.05, 3.63) is 64.1 Å². The summed E-state index contributed by atoms with van der Waals surface area (Å²) in [6, 6.07) is 7.35. The normalized spacial score (nSPS) is 16.2. The fourth-order valence-corrected chi connectivity index (χ4v) is 6.16. The van der Waals surface area contributed by atoms with Gasteiger partial charge >= 0.3 is 0 Å². The summed E-state index contributed by atoms with van der Waals surface area (Å²) >= 11 is 1.65. The molecule has 0 radical (unpaired) electrons. The third-order valence-corrected chi connectivity index (χ3v) is 8.40. The molecule has 0 unspecified atom stereocenters. The molecular weight excluding hydrogens is 416 g/mol. The quantitative estimate of drug-likeness (QED) is 0.547. The molecule has 1 saturated heterocycles. The van der Waals surface area contributed by atoms with Gasteiger partial charge in [0.25, 0.3) is 0 Å². The number of hydrogen-bond acceptors (Lipinski definition) is 5. The number of hydrogen-bond donors (Lipinski definition) is 0. The molecule has 8 heteroatoms. The zero-order chi connectivity index (χ0) is 21.1. The third kappa shape index (κ3) is 4.50. The molecule has 1 aliphatic rings. The van der Waals surface area contributed by atoms with Gasteiger partial charge in [0, 0.05) is 36.8 Å². The van der Waals surface area contributed by atoms with Gasteiger partial charge < -0.3 is 4.57 Å². The van der Waals surface area contributed by atoms with Gasteiger partial charge in [0.2, 0.25) is 10.0 Å². The van der Waals surface area contributed by atoms with Crippen LogP contribution in [0, 0.1) is 6.92 Å². The predicted octanol–water partition coefficient (Wildman–Crippen LogP) is 4.22. The molecule has 0 N–H and O–H groups in total. The largest absolute Gasteiger partial charge is 0.329 e. The number of imidazole rings is 1. The van der Waals surface area contributed by atoms with Crippen LogP contribution in [0.3, 0.4) is 0 Å². The van der Waals surface area contributed by atoms with E-state index in [2.05, 4.69) is 26.8 Å². The van der Waals surface area contributed by atoms with E-state index < -0.39 is 10.0 Å². The van der Waals surface area contributed by atoms with Gasteiger partial charge in [0.1, 0.15) is 5.82 Å². The monoisotopic (exact) mass is 444 g/mol. The van der Waals surface area contributed by atoms with Crippen molar-refractivity contribution in [2.24, 2.45) is 0 Å². The van der Waals surface area contributed by atoms with Crippen molar-refractivity contribution < 1.29 is 8.42 Å². The summed E-state index contributed by atoms with van der Waals surface area (Å²) in [4.78, 5) is 9.53. The highest BCUT2D eigenvalue weighted by atomic mass is 32.2. The Morgan fingerprint density at radius 1 is 1.17 bits per heavy atom. The van der Waals surface area contributed by atoms with E-state index in [-0.39, 0.29) is 5.92 Å².